The molecule has 3 saturated heterocycles. The van der Waals surface area contributed by atoms with Gasteiger partial charge < -0.3 is 39.1 Å². The van der Waals surface area contributed by atoms with Crippen molar-refractivity contribution >= 4 is 65.5 Å². The molecule has 3 fully saturated rings. The number of hydrogen-bond acceptors (Lipinski definition) is 17. The molecule has 3 aromatic heterocycles. The molecule has 1 unspecified atom stereocenters. The zero-order chi connectivity index (χ0) is 49.0. The second kappa shape index (κ2) is 21.9. The van der Waals surface area contributed by atoms with Gasteiger partial charge in [-0.25, -0.2) is 34.1 Å². The van der Waals surface area contributed by atoms with Gasteiger partial charge in [0.15, 0.2) is 0 Å². The van der Waals surface area contributed by atoms with Crippen molar-refractivity contribution in [2.45, 2.75) is 63.3 Å². The van der Waals surface area contributed by atoms with Crippen molar-refractivity contribution in [2.75, 3.05) is 6.61 Å². The van der Waals surface area contributed by atoms with Gasteiger partial charge in [0.1, 0.15) is 12.6 Å². The summed E-state index contributed by atoms with van der Waals surface area (Å²) in [4.78, 5) is 148. The van der Waals surface area contributed by atoms with Gasteiger partial charge in [-0.1, -0.05) is 48.5 Å². The van der Waals surface area contributed by atoms with Crippen LogP contribution in [0.4, 0.5) is 4.79 Å². The first-order valence-corrected chi connectivity index (χ1v) is 21.2. The van der Waals surface area contributed by atoms with Crippen molar-refractivity contribution in [3.63, 3.8) is 0 Å². The lowest BCUT2D eigenvalue weighted by Crippen LogP contribution is -2.47. The van der Waals surface area contributed by atoms with Crippen molar-refractivity contribution in [3.05, 3.63) is 120 Å². The van der Waals surface area contributed by atoms with Crippen LogP contribution in [0.25, 0.3) is 17.2 Å². The number of amides is 7. The van der Waals surface area contributed by atoms with E-state index in [9.17, 15) is 47.9 Å². The van der Waals surface area contributed by atoms with Crippen molar-refractivity contribution in [2.24, 2.45) is 7.05 Å². The van der Waals surface area contributed by atoms with Gasteiger partial charge in [-0.15, -0.1) is 15.2 Å². The van der Waals surface area contributed by atoms with Gasteiger partial charge in [0.2, 0.25) is 0 Å². The molecular weight excluding hydrogens is 905 g/mol. The number of nitrogens with zero attached hydrogens (tertiary/aromatic N) is 7. The van der Waals surface area contributed by atoms with Gasteiger partial charge in [-0.3, -0.25) is 28.8 Å². The lowest BCUT2D eigenvalue weighted by atomic mass is 9.98. The smallest absolute Gasteiger partial charge is 0.407 e. The highest BCUT2D eigenvalue weighted by molar-refractivity contribution is 6.03. The fourth-order valence-corrected chi connectivity index (χ4v) is 7.19. The normalized spacial score (nSPS) is 15.6. The van der Waals surface area contributed by atoms with Gasteiger partial charge in [-0.2, -0.15) is 0 Å². The number of aryl methyl sites for hydroxylation is 1. The summed E-state index contributed by atoms with van der Waals surface area (Å²) >= 11 is 0. The second-order valence-corrected chi connectivity index (χ2v) is 15.4. The number of fused-ring (bicyclic) bond motifs is 3. The molecule has 0 spiro atoms. The highest BCUT2D eigenvalue weighted by Crippen LogP contribution is 2.44. The van der Waals surface area contributed by atoms with E-state index in [2.05, 4.69) is 39.9 Å². The number of benzene rings is 2. The van der Waals surface area contributed by atoms with E-state index in [1.807, 2.05) is 48.5 Å². The van der Waals surface area contributed by atoms with E-state index in [-0.39, 0.29) is 63.9 Å². The van der Waals surface area contributed by atoms with Gasteiger partial charge in [0.25, 0.3) is 35.4 Å². The molecule has 9 rings (SSSR count). The Labute approximate surface area is 390 Å². The first-order valence-electron chi connectivity index (χ1n) is 21.2. The SMILES string of the molecule is Cn1cnc(CC(NC(=O)OCC2c3ccccc3-c3ccccc32)C(=O)ON2C(=O)CCC2=O)c1.O=C(/C=C/c1cnc[nH]1)ON1C(=O)CCC1=O.O=C(Cc1cnc[nH]1)ON1C(=O)CCC1=O. The van der Waals surface area contributed by atoms with E-state index in [4.69, 9.17) is 9.57 Å². The number of imidazole rings is 3. The maximum absolute atomic E-state index is 12.9. The van der Waals surface area contributed by atoms with Crippen LogP contribution in [-0.4, -0.2) is 117 Å². The number of ether oxygens (including phenoxy) is 1. The number of hydrogen-bond donors (Lipinski definition) is 3. The van der Waals surface area contributed by atoms with Crippen LogP contribution in [0.1, 0.15) is 72.7 Å². The van der Waals surface area contributed by atoms with Crippen LogP contribution in [0.5, 0.6) is 0 Å². The number of aromatic amines is 2. The molecule has 3 aliphatic heterocycles. The summed E-state index contributed by atoms with van der Waals surface area (Å²) < 4.78 is 7.24. The van der Waals surface area contributed by atoms with E-state index in [1.165, 1.54) is 31.1 Å². The maximum Gasteiger partial charge on any atom is 0.407 e. The Hall–Kier alpha value is -9.09. The van der Waals surface area contributed by atoms with E-state index < -0.39 is 65.5 Å². The van der Waals surface area contributed by atoms with Crippen molar-refractivity contribution in [1.29, 1.82) is 0 Å². The number of hydroxylamine groups is 6. The molecule has 356 valence electrons. The molecule has 1 atom stereocenters. The van der Waals surface area contributed by atoms with Crippen molar-refractivity contribution in [3.8, 4) is 11.1 Å². The van der Waals surface area contributed by atoms with E-state index in [1.54, 1.807) is 24.1 Å². The maximum atomic E-state index is 12.9. The molecule has 24 heteroatoms. The number of aromatic nitrogens is 6. The summed E-state index contributed by atoms with van der Waals surface area (Å²) in [7, 11) is 1.77. The molecule has 2 aromatic carbocycles. The first kappa shape index (κ1) is 47.9. The number of carbonyl (C=O) groups excluding carboxylic acids is 10. The van der Waals surface area contributed by atoms with Gasteiger partial charge in [0, 0.05) is 82.1 Å². The predicted molar refractivity (Wildman–Crippen MR) is 230 cm³/mol. The quantitative estimate of drug-likeness (QED) is 0.112. The molecular formula is C45H42N10O14. The van der Waals surface area contributed by atoms with E-state index >= 15 is 0 Å². The number of alkyl carbamates (subject to hydrolysis) is 1. The Morgan fingerprint density at radius 3 is 1.78 bits per heavy atom. The Bertz CT molecular complexity index is 2710. The molecule has 0 bridgehead atoms. The third-order valence-corrected chi connectivity index (χ3v) is 10.5. The highest BCUT2D eigenvalue weighted by atomic mass is 16.7. The summed E-state index contributed by atoms with van der Waals surface area (Å²) in [5.41, 5.74) is 5.99. The Morgan fingerprint density at radius 2 is 1.26 bits per heavy atom. The minimum Gasteiger partial charge on any atom is -0.449 e. The molecule has 0 saturated carbocycles. The third kappa shape index (κ3) is 12.2. The number of H-pyrrole nitrogens is 2. The number of nitrogens with one attached hydrogen (secondary N) is 3. The van der Waals surface area contributed by atoms with Gasteiger partial charge in [-0.05, 0) is 28.3 Å². The zero-order valence-electron chi connectivity index (χ0n) is 36.6. The van der Waals surface area contributed by atoms with Crippen LogP contribution in [0.3, 0.4) is 0 Å². The summed E-state index contributed by atoms with van der Waals surface area (Å²) in [5.74, 6) is -5.75. The van der Waals surface area contributed by atoms with Gasteiger partial charge in [0.05, 0.1) is 43.0 Å². The molecule has 7 amide bonds. The average molecular weight is 947 g/mol. The number of rotatable bonds is 13. The summed E-state index contributed by atoms with van der Waals surface area (Å²) in [6.07, 6.45) is 11.0. The molecule has 1 aliphatic carbocycles. The standard InChI is InChI=1S/C26H24N4O6.C10H9N3O4.C9H9N3O4/c1-29-13-16(27-15-29)12-22(25(33)36-30-23(31)10-11-24(30)32)28-26(34)35-14-21-19-8-4-2-6-17(19)18-7-3-5-9-20(18)21;14-8-2-3-9(15)13(8)17-10(16)4-1-7-5-11-6-12-7;13-7-1-2-8(14)12(7)16-9(15)3-6-4-10-5-11-6/h2-9,13,15,21-22H,10-12,14H2,1H3,(H,28,34);1,4-6H,2-3H2,(H,11,12);4-5H,1-3H2,(H,10,11)/b;4-1+;. The molecule has 24 nitrogen and oxygen atoms in total. The fourth-order valence-electron chi connectivity index (χ4n) is 7.19. The third-order valence-electron chi connectivity index (χ3n) is 10.5. The van der Waals surface area contributed by atoms with Crippen molar-refractivity contribution < 1.29 is 67.2 Å². The van der Waals surface area contributed by atoms with Crippen LogP contribution >= 0.6 is 0 Å². The highest BCUT2D eigenvalue weighted by Gasteiger charge is 2.37. The predicted octanol–water partition coefficient (Wildman–Crippen LogP) is 2.07. The summed E-state index contributed by atoms with van der Waals surface area (Å²) in [6, 6.07) is 14.7. The monoisotopic (exact) mass is 946 g/mol. The fraction of sp³-hybridized carbons (Fsp3) is 0.267. The molecule has 69 heavy (non-hydrogen) atoms. The minimum absolute atomic E-state index is 0.0138. The topological polar surface area (TPSA) is 305 Å². The Balaban J connectivity index is 0.000000176. The van der Waals surface area contributed by atoms with Crippen LogP contribution in [0, 0.1) is 0 Å². The van der Waals surface area contributed by atoms with Crippen LogP contribution < -0.4 is 5.32 Å². The lowest BCUT2D eigenvalue weighted by Gasteiger charge is -2.20. The molecule has 3 N–H and O–H groups in total. The Morgan fingerprint density at radius 1 is 0.725 bits per heavy atom. The van der Waals surface area contributed by atoms with E-state index in [0.29, 0.717) is 32.3 Å². The lowest BCUT2D eigenvalue weighted by molar-refractivity contribution is -0.198. The largest absolute Gasteiger partial charge is 0.449 e. The molecule has 6 heterocycles. The number of imide groups is 3. The Kier molecular flexibility index (Phi) is 15.2. The molecule has 0 radical (unpaired) electrons. The van der Waals surface area contributed by atoms with Crippen molar-refractivity contribution in [1.82, 2.24) is 50.0 Å². The van der Waals surface area contributed by atoms with E-state index in [0.717, 1.165) is 28.3 Å². The van der Waals surface area contributed by atoms with Crippen LogP contribution in [0.15, 0.2) is 92.2 Å². The minimum atomic E-state index is -1.23. The van der Waals surface area contributed by atoms with Crippen LogP contribution in [-0.2, 0) is 82.3 Å². The first-order chi connectivity index (χ1) is 33.2. The second-order valence-electron chi connectivity index (χ2n) is 15.4. The van der Waals surface area contributed by atoms with Crippen LogP contribution in [0.2, 0.25) is 0 Å². The summed E-state index contributed by atoms with van der Waals surface area (Å²) in [5, 5.41) is 3.99. The zero-order valence-corrected chi connectivity index (χ0v) is 36.6. The summed E-state index contributed by atoms with van der Waals surface area (Å²) in [6.45, 7) is 0.0638. The molecule has 4 aliphatic rings. The average Bonchev–Trinajstić information content (AvgIpc) is 4.24. The molecule has 5 aromatic rings. The number of carbonyl (C=O) groups is 10. The van der Waals surface area contributed by atoms with Gasteiger partial charge >= 0.3 is 24.0 Å².